The van der Waals surface area contributed by atoms with Crippen molar-refractivity contribution < 1.29 is 29.7 Å². The van der Waals surface area contributed by atoms with Crippen LogP contribution in [0, 0.1) is 11.8 Å². The van der Waals surface area contributed by atoms with Crippen LogP contribution in [0.2, 0.25) is 0 Å². The molecular formula is C21H33ClN4O6S. The van der Waals surface area contributed by atoms with Gasteiger partial charge >= 0.3 is 5.97 Å². The number of thioether (sulfide) groups is 1. The highest BCUT2D eigenvalue weighted by Gasteiger charge is 2.60. The molecule has 12 heteroatoms. The molecule has 0 aromatic carbocycles. The average Bonchev–Trinajstić information content (AvgIpc) is 3.30. The number of carboxylic acid groups (broad SMARTS) is 1. The van der Waals surface area contributed by atoms with Crippen LogP contribution in [0.4, 0.5) is 0 Å². The summed E-state index contributed by atoms with van der Waals surface area (Å²) in [6, 6.07) is -0.621. The number of carbonyl (C=O) groups is 3. The van der Waals surface area contributed by atoms with Crippen molar-refractivity contribution in [3.05, 3.63) is 10.6 Å². The van der Waals surface area contributed by atoms with Crippen LogP contribution in [-0.2, 0) is 14.4 Å². The Morgan fingerprint density at radius 1 is 1.24 bits per heavy atom. The summed E-state index contributed by atoms with van der Waals surface area (Å²) in [5.74, 6) is -2.13. The van der Waals surface area contributed by atoms with Crippen molar-refractivity contribution >= 4 is 42.0 Å². The number of halogens is 1. The van der Waals surface area contributed by atoms with Crippen LogP contribution in [0.5, 0.6) is 0 Å². The fourth-order valence-corrected chi connectivity index (χ4v) is 6.87. The molecule has 4 N–H and O–H groups in total. The standard InChI is InChI=1S/C21H32N4O6S.ClH/c1-11-16-15(12(2)27)20(29)25(16)17(21(30)31)18(11)32-13-9-14(22-10-13)19(28)24-5-3-23(4-6-24)7-8-26;/h11-16,22,26-27H,3-10H2,1-2H3,(H,30,31);1H/t11-,12-,13+,14-,15-,16-;/m1./s1. The number of nitrogens with one attached hydrogen (secondary N) is 1. The van der Waals surface area contributed by atoms with Crippen molar-refractivity contribution in [2.45, 2.75) is 43.7 Å². The van der Waals surface area contributed by atoms with Crippen LogP contribution in [0.15, 0.2) is 10.6 Å². The van der Waals surface area contributed by atoms with E-state index >= 15 is 0 Å². The fourth-order valence-electron chi connectivity index (χ4n) is 5.39. The van der Waals surface area contributed by atoms with Gasteiger partial charge in [0.25, 0.3) is 0 Å². The number of hydrogen-bond acceptors (Lipinski definition) is 8. The predicted octanol–water partition coefficient (Wildman–Crippen LogP) is -0.838. The molecule has 0 aromatic rings. The molecule has 0 bridgehead atoms. The quantitative estimate of drug-likeness (QED) is 0.327. The van der Waals surface area contributed by atoms with E-state index in [2.05, 4.69) is 10.2 Å². The zero-order valence-corrected chi connectivity index (χ0v) is 20.5. The number of β-lactam (4-membered cyclic amide) rings is 1. The summed E-state index contributed by atoms with van der Waals surface area (Å²) in [6.07, 6.45) is -0.222. The SMILES string of the molecule is C[C@@H](O)[C@H]1C(=O)N2C(C(=O)O)=C(S[C@@H]3CN[C@@H](C(=O)N4CCN(CCO)CC4)C3)[C@H](C)[C@H]12.Cl. The number of nitrogens with zero attached hydrogens (tertiary/aromatic N) is 3. The van der Waals surface area contributed by atoms with Crippen molar-refractivity contribution in [3.8, 4) is 0 Å². The number of aliphatic hydroxyl groups excluding tert-OH is 2. The zero-order valence-electron chi connectivity index (χ0n) is 18.8. The van der Waals surface area contributed by atoms with Crippen molar-refractivity contribution in [2.24, 2.45) is 11.8 Å². The predicted molar refractivity (Wildman–Crippen MR) is 125 cm³/mol. The van der Waals surface area contributed by atoms with Crippen LogP contribution in [-0.4, -0.2) is 117 Å². The Morgan fingerprint density at radius 2 is 1.91 bits per heavy atom. The van der Waals surface area contributed by atoms with E-state index in [9.17, 15) is 24.6 Å². The molecule has 0 aliphatic carbocycles. The van der Waals surface area contributed by atoms with Crippen LogP contribution in [0.3, 0.4) is 0 Å². The van der Waals surface area contributed by atoms with Gasteiger partial charge in [-0.3, -0.25) is 14.5 Å². The Morgan fingerprint density at radius 3 is 2.48 bits per heavy atom. The van der Waals surface area contributed by atoms with Crippen molar-refractivity contribution in [1.29, 1.82) is 0 Å². The average molecular weight is 505 g/mol. The molecule has 3 fully saturated rings. The molecule has 2 amide bonds. The van der Waals surface area contributed by atoms with E-state index in [-0.39, 0.29) is 59.8 Å². The molecule has 0 radical (unpaired) electrons. The highest BCUT2D eigenvalue weighted by Crippen LogP contribution is 2.51. The number of carbonyl (C=O) groups excluding carboxylic acids is 2. The Balaban J connectivity index is 0.00000306. The summed E-state index contributed by atoms with van der Waals surface area (Å²) in [6.45, 7) is 7.59. The van der Waals surface area contributed by atoms with Crippen LogP contribution in [0.25, 0.3) is 0 Å². The summed E-state index contributed by atoms with van der Waals surface area (Å²) in [5.41, 5.74) is 0.0316. The van der Waals surface area contributed by atoms with Gasteiger partial charge in [-0.15, -0.1) is 24.2 Å². The molecule has 4 aliphatic heterocycles. The van der Waals surface area contributed by atoms with Gasteiger partial charge < -0.3 is 30.4 Å². The lowest BCUT2D eigenvalue weighted by Gasteiger charge is -2.46. The summed E-state index contributed by atoms with van der Waals surface area (Å²) in [4.78, 5) is 43.4. The Hall–Kier alpha value is -1.37. The number of amides is 2. The molecule has 10 nitrogen and oxygen atoms in total. The number of fused-ring (bicyclic) bond motifs is 1. The molecule has 3 saturated heterocycles. The second-order valence-corrected chi connectivity index (χ2v) is 10.4. The molecule has 4 aliphatic rings. The molecule has 0 saturated carbocycles. The molecule has 186 valence electrons. The van der Waals surface area contributed by atoms with Gasteiger partial charge in [-0.05, 0) is 13.3 Å². The number of rotatable bonds is 7. The molecule has 0 aromatic heterocycles. The van der Waals surface area contributed by atoms with E-state index in [1.165, 1.54) is 16.7 Å². The van der Waals surface area contributed by atoms with E-state index in [0.717, 1.165) is 13.1 Å². The minimum Gasteiger partial charge on any atom is -0.477 e. The summed E-state index contributed by atoms with van der Waals surface area (Å²) in [5, 5.41) is 32.2. The maximum absolute atomic E-state index is 13.0. The number of aliphatic hydroxyl groups is 2. The third-order valence-corrected chi connectivity index (χ3v) is 8.61. The maximum Gasteiger partial charge on any atom is 0.353 e. The van der Waals surface area contributed by atoms with Gasteiger partial charge in [-0.1, -0.05) is 6.92 Å². The van der Waals surface area contributed by atoms with Crippen molar-refractivity contribution in [3.63, 3.8) is 0 Å². The number of β-amino-alcohol motifs (C(OH)–C–C–N with tert-alkyl or cyclic N) is 1. The Labute approximate surface area is 203 Å². The first kappa shape index (κ1) is 26.2. The van der Waals surface area contributed by atoms with Crippen LogP contribution in [0.1, 0.15) is 20.3 Å². The normalized spacial score (nSPS) is 33.0. The molecular weight excluding hydrogens is 472 g/mol. The number of piperazine rings is 1. The lowest BCUT2D eigenvalue weighted by molar-refractivity contribution is -0.163. The van der Waals surface area contributed by atoms with Gasteiger partial charge in [-0.2, -0.15) is 0 Å². The first-order chi connectivity index (χ1) is 15.2. The lowest BCUT2D eigenvalue weighted by Crippen LogP contribution is -2.63. The van der Waals surface area contributed by atoms with E-state index < -0.39 is 18.0 Å². The highest BCUT2D eigenvalue weighted by molar-refractivity contribution is 8.03. The second-order valence-electron chi connectivity index (χ2n) is 9.10. The maximum atomic E-state index is 13.0. The van der Waals surface area contributed by atoms with E-state index in [4.69, 9.17) is 5.11 Å². The fraction of sp³-hybridized carbons (Fsp3) is 0.762. The van der Waals surface area contributed by atoms with Gasteiger partial charge in [0.1, 0.15) is 5.70 Å². The first-order valence-electron chi connectivity index (χ1n) is 11.2. The van der Waals surface area contributed by atoms with E-state index in [1.54, 1.807) is 6.92 Å². The van der Waals surface area contributed by atoms with Gasteiger partial charge in [0, 0.05) is 55.3 Å². The third kappa shape index (κ3) is 4.76. The summed E-state index contributed by atoms with van der Waals surface area (Å²) < 4.78 is 0. The van der Waals surface area contributed by atoms with Gasteiger partial charge in [0.15, 0.2) is 0 Å². The van der Waals surface area contributed by atoms with Crippen molar-refractivity contribution in [2.75, 3.05) is 45.9 Å². The molecule has 4 rings (SSSR count). The monoisotopic (exact) mass is 504 g/mol. The second kappa shape index (κ2) is 10.5. The number of carboxylic acids is 1. The largest absolute Gasteiger partial charge is 0.477 e. The Kier molecular flexibility index (Phi) is 8.34. The van der Waals surface area contributed by atoms with Gasteiger partial charge in [0.05, 0.1) is 30.7 Å². The molecule has 6 atom stereocenters. The van der Waals surface area contributed by atoms with Gasteiger partial charge in [0.2, 0.25) is 11.8 Å². The molecule has 4 heterocycles. The van der Waals surface area contributed by atoms with Crippen LogP contribution < -0.4 is 5.32 Å². The Bertz CT molecular complexity index is 819. The topological polar surface area (TPSA) is 134 Å². The third-order valence-electron chi connectivity index (χ3n) is 7.09. The highest BCUT2D eigenvalue weighted by atomic mass is 35.5. The van der Waals surface area contributed by atoms with Gasteiger partial charge in [-0.25, -0.2) is 4.79 Å². The molecule has 33 heavy (non-hydrogen) atoms. The summed E-state index contributed by atoms with van der Waals surface area (Å²) in [7, 11) is 0. The number of aliphatic carboxylic acids is 1. The summed E-state index contributed by atoms with van der Waals surface area (Å²) >= 11 is 1.45. The van der Waals surface area contributed by atoms with E-state index in [1.807, 2.05) is 11.8 Å². The smallest absolute Gasteiger partial charge is 0.353 e. The lowest BCUT2D eigenvalue weighted by atomic mass is 9.79. The molecule has 0 unspecified atom stereocenters. The first-order valence-corrected chi connectivity index (χ1v) is 12.1. The minimum absolute atomic E-state index is 0. The van der Waals surface area contributed by atoms with Crippen LogP contribution >= 0.6 is 24.2 Å². The van der Waals surface area contributed by atoms with E-state index in [0.29, 0.717) is 37.5 Å². The zero-order chi connectivity index (χ0) is 23.2. The minimum atomic E-state index is -1.13. The number of hydrogen-bond donors (Lipinski definition) is 4. The van der Waals surface area contributed by atoms with Crippen molar-refractivity contribution in [1.82, 2.24) is 20.0 Å². The molecule has 0 spiro atoms.